The average molecular weight is 330 g/mol. The van der Waals surface area contributed by atoms with Crippen LogP contribution in [0.4, 0.5) is 0 Å². The van der Waals surface area contributed by atoms with Gasteiger partial charge in [-0.1, -0.05) is 54.6 Å². The summed E-state index contributed by atoms with van der Waals surface area (Å²) in [6, 6.07) is 24.2. The number of hydrazone groups is 1. The van der Waals surface area contributed by atoms with E-state index in [0.29, 0.717) is 11.3 Å². The average Bonchev–Trinajstić information content (AvgIpc) is 2.67. The molecule has 3 aromatic carbocycles. The van der Waals surface area contributed by atoms with E-state index in [0.717, 1.165) is 16.7 Å². The number of amides is 1. The maximum atomic E-state index is 12.0. The molecule has 0 saturated carbocycles. The van der Waals surface area contributed by atoms with Crippen molar-refractivity contribution in [1.29, 1.82) is 0 Å². The minimum absolute atomic E-state index is 0.120. The first kappa shape index (κ1) is 16.5. The van der Waals surface area contributed by atoms with Gasteiger partial charge in [-0.05, 0) is 47.9 Å². The van der Waals surface area contributed by atoms with Gasteiger partial charge in [-0.2, -0.15) is 5.10 Å². The smallest absolute Gasteiger partial charge is 0.271 e. The van der Waals surface area contributed by atoms with Crippen LogP contribution < -0.4 is 5.43 Å². The summed E-state index contributed by atoms with van der Waals surface area (Å²) >= 11 is 0. The van der Waals surface area contributed by atoms with Gasteiger partial charge in [0.25, 0.3) is 5.91 Å². The lowest BCUT2D eigenvalue weighted by molar-refractivity contribution is 0.0955. The van der Waals surface area contributed by atoms with Crippen molar-refractivity contribution < 1.29 is 9.90 Å². The number of nitrogens with one attached hydrogen (secondary N) is 1. The molecule has 0 saturated heterocycles. The van der Waals surface area contributed by atoms with E-state index in [1.54, 1.807) is 12.1 Å². The van der Waals surface area contributed by atoms with Crippen molar-refractivity contribution in [3.8, 4) is 16.9 Å². The molecule has 0 unspecified atom stereocenters. The molecule has 0 aromatic heterocycles. The molecule has 0 aliphatic carbocycles. The number of hydrogen-bond donors (Lipinski definition) is 2. The summed E-state index contributed by atoms with van der Waals surface area (Å²) in [6.45, 7) is 1.84. The van der Waals surface area contributed by atoms with Crippen LogP contribution in [0, 0.1) is 0 Å². The molecule has 1 amide bonds. The van der Waals surface area contributed by atoms with Crippen LogP contribution in [0.3, 0.4) is 0 Å². The molecular weight excluding hydrogens is 312 g/mol. The molecule has 0 spiro atoms. The predicted octanol–water partition coefficient (Wildman–Crippen LogP) is 4.21. The summed E-state index contributed by atoms with van der Waals surface area (Å²) < 4.78 is 0. The zero-order chi connectivity index (χ0) is 17.6. The number of benzene rings is 3. The molecule has 124 valence electrons. The quantitative estimate of drug-likeness (QED) is 0.556. The van der Waals surface area contributed by atoms with Crippen molar-refractivity contribution in [2.45, 2.75) is 6.92 Å². The van der Waals surface area contributed by atoms with Gasteiger partial charge in [0.05, 0.1) is 5.71 Å². The van der Waals surface area contributed by atoms with Crippen molar-refractivity contribution in [1.82, 2.24) is 5.43 Å². The van der Waals surface area contributed by atoms with Crippen LogP contribution in [-0.2, 0) is 0 Å². The van der Waals surface area contributed by atoms with Crippen LogP contribution in [0.1, 0.15) is 22.8 Å². The number of phenolic OH excluding ortho intramolecular Hbond substituents is 1. The van der Waals surface area contributed by atoms with Gasteiger partial charge in [0.2, 0.25) is 0 Å². The molecule has 0 aliphatic heterocycles. The molecule has 2 N–H and O–H groups in total. The maximum absolute atomic E-state index is 12.0. The highest BCUT2D eigenvalue weighted by Gasteiger charge is 2.05. The standard InChI is InChI=1S/C21H18N2O2/c1-15(22-23-21(25)19-11-13-20(24)14-12-19)16-7-9-18(10-8-16)17-5-3-2-4-6-17/h2-14,24H,1H3,(H,23,25)/b22-15+. The Morgan fingerprint density at radius 3 is 2.00 bits per heavy atom. The minimum Gasteiger partial charge on any atom is -0.508 e. The zero-order valence-electron chi connectivity index (χ0n) is 13.8. The van der Waals surface area contributed by atoms with E-state index in [1.165, 1.54) is 12.1 Å². The normalized spacial score (nSPS) is 11.2. The van der Waals surface area contributed by atoms with Crippen molar-refractivity contribution in [3.05, 3.63) is 90.0 Å². The molecule has 25 heavy (non-hydrogen) atoms. The molecule has 0 atom stereocenters. The third-order valence-corrected chi connectivity index (χ3v) is 3.86. The summed E-state index contributed by atoms with van der Waals surface area (Å²) in [7, 11) is 0. The molecule has 0 heterocycles. The van der Waals surface area contributed by atoms with Gasteiger partial charge in [-0.3, -0.25) is 4.79 Å². The molecule has 0 fully saturated rings. The van der Waals surface area contributed by atoms with E-state index in [2.05, 4.69) is 22.7 Å². The van der Waals surface area contributed by atoms with Crippen molar-refractivity contribution in [2.75, 3.05) is 0 Å². The lowest BCUT2D eigenvalue weighted by Crippen LogP contribution is -2.19. The Hall–Kier alpha value is -3.40. The molecule has 0 radical (unpaired) electrons. The van der Waals surface area contributed by atoms with E-state index >= 15 is 0 Å². The number of nitrogens with zero attached hydrogens (tertiary/aromatic N) is 1. The van der Waals surface area contributed by atoms with Gasteiger partial charge in [-0.15, -0.1) is 0 Å². The molecule has 4 nitrogen and oxygen atoms in total. The third-order valence-electron chi connectivity index (χ3n) is 3.86. The van der Waals surface area contributed by atoms with Crippen LogP contribution in [0.25, 0.3) is 11.1 Å². The van der Waals surface area contributed by atoms with E-state index in [1.807, 2.05) is 49.4 Å². The number of carbonyl (C=O) groups excluding carboxylic acids is 1. The molecule has 4 heteroatoms. The minimum atomic E-state index is -0.319. The maximum Gasteiger partial charge on any atom is 0.271 e. The summed E-state index contributed by atoms with van der Waals surface area (Å²) in [6.07, 6.45) is 0. The zero-order valence-corrected chi connectivity index (χ0v) is 13.8. The first-order valence-electron chi connectivity index (χ1n) is 7.93. The van der Waals surface area contributed by atoms with Gasteiger partial charge in [0.15, 0.2) is 0 Å². The van der Waals surface area contributed by atoms with Gasteiger partial charge in [-0.25, -0.2) is 5.43 Å². The SMILES string of the molecule is C/C(=N\NC(=O)c1ccc(O)cc1)c1ccc(-c2ccccc2)cc1. The van der Waals surface area contributed by atoms with Crippen LogP contribution in [0.15, 0.2) is 84.0 Å². The van der Waals surface area contributed by atoms with Crippen LogP contribution in [0.5, 0.6) is 5.75 Å². The van der Waals surface area contributed by atoms with Crippen LogP contribution in [-0.4, -0.2) is 16.7 Å². The summed E-state index contributed by atoms with van der Waals surface area (Å²) in [5.41, 5.74) is 6.91. The van der Waals surface area contributed by atoms with E-state index in [4.69, 9.17) is 0 Å². The van der Waals surface area contributed by atoms with Crippen molar-refractivity contribution in [2.24, 2.45) is 5.10 Å². The molecular formula is C21H18N2O2. The van der Waals surface area contributed by atoms with Gasteiger partial charge < -0.3 is 5.11 Å². The van der Waals surface area contributed by atoms with E-state index < -0.39 is 0 Å². The predicted molar refractivity (Wildman–Crippen MR) is 99.7 cm³/mol. The van der Waals surface area contributed by atoms with E-state index in [9.17, 15) is 9.90 Å². The van der Waals surface area contributed by atoms with Crippen LogP contribution in [0.2, 0.25) is 0 Å². The Balaban J connectivity index is 1.70. The summed E-state index contributed by atoms with van der Waals surface area (Å²) in [5.74, 6) is -0.199. The number of hydrogen-bond acceptors (Lipinski definition) is 3. The summed E-state index contributed by atoms with van der Waals surface area (Å²) in [5, 5.41) is 13.4. The Morgan fingerprint density at radius 2 is 1.36 bits per heavy atom. The molecule has 3 rings (SSSR count). The van der Waals surface area contributed by atoms with Gasteiger partial charge in [0, 0.05) is 5.56 Å². The topological polar surface area (TPSA) is 61.7 Å². The number of rotatable bonds is 4. The molecule has 0 aliphatic rings. The largest absolute Gasteiger partial charge is 0.508 e. The lowest BCUT2D eigenvalue weighted by atomic mass is 10.0. The highest BCUT2D eigenvalue weighted by molar-refractivity contribution is 6.01. The van der Waals surface area contributed by atoms with Gasteiger partial charge >= 0.3 is 0 Å². The van der Waals surface area contributed by atoms with Crippen molar-refractivity contribution >= 4 is 11.6 Å². The second-order valence-electron chi connectivity index (χ2n) is 5.63. The highest BCUT2D eigenvalue weighted by atomic mass is 16.3. The lowest BCUT2D eigenvalue weighted by Gasteiger charge is -2.05. The fourth-order valence-electron chi connectivity index (χ4n) is 2.41. The second kappa shape index (κ2) is 7.45. The Bertz CT molecular complexity index is 883. The first-order valence-corrected chi connectivity index (χ1v) is 7.93. The fourth-order valence-corrected chi connectivity index (χ4v) is 2.41. The Kier molecular flexibility index (Phi) is 4.90. The van der Waals surface area contributed by atoms with Crippen LogP contribution >= 0.6 is 0 Å². The number of phenols is 1. The Labute approximate surface area is 146 Å². The Morgan fingerprint density at radius 1 is 0.800 bits per heavy atom. The molecule has 3 aromatic rings. The van der Waals surface area contributed by atoms with Gasteiger partial charge in [0.1, 0.15) is 5.75 Å². The van der Waals surface area contributed by atoms with Crippen molar-refractivity contribution in [3.63, 3.8) is 0 Å². The first-order chi connectivity index (χ1) is 12.1. The third kappa shape index (κ3) is 4.12. The fraction of sp³-hybridized carbons (Fsp3) is 0.0476. The summed E-state index contributed by atoms with van der Waals surface area (Å²) in [4.78, 5) is 12.0. The molecule has 0 bridgehead atoms. The second-order valence-corrected chi connectivity index (χ2v) is 5.63. The number of carbonyl (C=O) groups is 1. The number of aromatic hydroxyl groups is 1. The highest BCUT2D eigenvalue weighted by Crippen LogP contribution is 2.19. The van der Waals surface area contributed by atoms with E-state index in [-0.39, 0.29) is 11.7 Å². The monoisotopic (exact) mass is 330 g/mol.